The predicted molar refractivity (Wildman–Crippen MR) is 91.7 cm³/mol. The second kappa shape index (κ2) is 6.83. The van der Waals surface area contributed by atoms with E-state index in [2.05, 4.69) is 60.2 Å². The third kappa shape index (κ3) is 4.48. The van der Waals surface area contributed by atoms with Gasteiger partial charge in [0.15, 0.2) is 0 Å². The van der Waals surface area contributed by atoms with Crippen molar-refractivity contribution >= 4 is 23.4 Å². The van der Waals surface area contributed by atoms with Gasteiger partial charge < -0.3 is 10.7 Å². The van der Waals surface area contributed by atoms with Crippen LogP contribution in [0.25, 0.3) is 0 Å². The molecule has 1 saturated carbocycles. The van der Waals surface area contributed by atoms with E-state index in [1.807, 2.05) is 6.07 Å². The Balaban J connectivity index is 2.09. The number of hydrogen-bond donors (Lipinski definition) is 3. The van der Waals surface area contributed by atoms with Gasteiger partial charge in [-0.3, -0.25) is 0 Å². The number of aromatic nitrogens is 2. The fourth-order valence-electron chi connectivity index (χ4n) is 2.60. The van der Waals surface area contributed by atoms with Crippen molar-refractivity contribution in [2.24, 2.45) is 5.84 Å². The normalized spacial score (nSPS) is 22.3. The maximum absolute atomic E-state index is 5.53. The van der Waals surface area contributed by atoms with Crippen LogP contribution in [0.15, 0.2) is 6.07 Å². The predicted octanol–water partition coefficient (Wildman–Crippen LogP) is 3.15. The molecule has 0 bridgehead atoms. The summed E-state index contributed by atoms with van der Waals surface area (Å²) in [6.07, 6.45) is 3.70. The van der Waals surface area contributed by atoms with Crippen LogP contribution in [-0.4, -0.2) is 27.0 Å². The molecule has 0 aromatic carbocycles. The van der Waals surface area contributed by atoms with Crippen molar-refractivity contribution in [2.45, 2.75) is 63.7 Å². The van der Waals surface area contributed by atoms with E-state index >= 15 is 0 Å². The summed E-state index contributed by atoms with van der Waals surface area (Å²) in [5, 5.41) is 4.34. The van der Waals surface area contributed by atoms with Gasteiger partial charge >= 0.3 is 0 Å². The summed E-state index contributed by atoms with van der Waals surface area (Å²) in [4.78, 5) is 9.11. The van der Waals surface area contributed by atoms with Crippen LogP contribution < -0.4 is 16.6 Å². The van der Waals surface area contributed by atoms with Gasteiger partial charge in [0.25, 0.3) is 0 Å². The maximum Gasteiger partial charge on any atom is 0.145 e. The number of nitrogen functional groups attached to an aromatic ring is 1. The summed E-state index contributed by atoms with van der Waals surface area (Å²) < 4.78 is 0. The van der Waals surface area contributed by atoms with Gasteiger partial charge in [0.2, 0.25) is 0 Å². The number of hydrogen-bond acceptors (Lipinski definition) is 6. The summed E-state index contributed by atoms with van der Waals surface area (Å²) in [6.45, 7) is 8.55. The number of anilines is 2. The second-order valence-corrected chi connectivity index (χ2v) is 8.17. The summed E-state index contributed by atoms with van der Waals surface area (Å²) in [5.74, 6) is 9.06. The minimum atomic E-state index is -0.0977. The van der Waals surface area contributed by atoms with Crippen LogP contribution in [0.3, 0.4) is 0 Å². The highest BCUT2D eigenvalue weighted by molar-refractivity contribution is 7.99. The van der Waals surface area contributed by atoms with E-state index in [0.29, 0.717) is 11.9 Å². The Morgan fingerprint density at radius 2 is 2.00 bits per heavy atom. The van der Waals surface area contributed by atoms with Crippen molar-refractivity contribution in [1.82, 2.24) is 9.97 Å². The van der Waals surface area contributed by atoms with Crippen LogP contribution >= 0.6 is 11.8 Å². The van der Waals surface area contributed by atoms with Crippen molar-refractivity contribution in [1.29, 1.82) is 0 Å². The topological polar surface area (TPSA) is 75.9 Å². The highest BCUT2D eigenvalue weighted by Gasteiger charge is 2.25. The monoisotopic (exact) mass is 309 g/mol. The number of nitrogens with two attached hydrogens (primary N) is 1. The molecule has 0 spiro atoms. The third-order valence-corrected chi connectivity index (χ3v) is 4.92. The molecule has 0 amide bonds. The van der Waals surface area contributed by atoms with Crippen molar-refractivity contribution in [3.8, 4) is 0 Å². The highest BCUT2D eigenvalue weighted by atomic mass is 32.2. The van der Waals surface area contributed by atoms with Crippen molar-refractivity contribution in [3.05, 3.63) is 11.9 Å². The Bertz CT molecular complexity index is 472. The van der Waals surface area contributed by atoms with Crippen LogP contribution in [0.5, 0.6) is 0 Å². The van der Waals surface area contributed by atoms with E-state index in [1.54, 1.807) is 0 Å². The minimum Gasteiger partial charge on any atom is -0.367 e. The van der Waals surface area contributed by atoms with E-state index in [1.165, 1.54) is 25.0 Å². The standard InChI is InChI=1S/C15H27N5S/c1-5-21-11-7-6-10(8-11)17-12-9-13(20-16)19-14(18-12)15(2,3)4/h9-11H,5-8,16H2,1-4H3,(H2,17,18,19,20). The Kier molecular flexibility index (Phi) is 5.32. The van der Waals surface area contributed by atoms with Crippen LogP contribution in [-0.2, 0) is 5.41 Å². The lowest BCUT2D eigenvalue weighted by atomic mass is 9.96. The molecular formula is C15H27N5S. The SMILES string of the molecule is CCSC1CCC(Nc2cc(NN)nc(C(C)(C)C)n2)C1. The Hall–Kier alpha value is -1.01. The van der Waals surface area contributed by atoms with E-state index in [0.717, 1.165) is 16.9 Å². The van der Waals surface area contributed by atoms with Gasteiger partial charge in [0.05, 0.1) is 0 Å². The van der Waals surface area contributed by atoms with Crippen molar-refractivity contribution in [2.75, 3.05) is 16.5 Å². The number of nitrogens with one attached hydrogen (secondary N) is 2. The van der Waals surface area contributed by atoms with Gasteiger partial charge in [0.1, 0.15) is 17.5 Å². The molecule has 1 fully saturated rings. The molecule has 2 atom stereocenters. The molecule has 1 aliphatic carbocycles. The molecule has 1 aliphatic rings. The molecular weight excluding hydrogens is 282 g/mol. The lowest BCUT2D eigenvalue weighted by Crippen LogP contribution is -2.22. The Morgan fingerprint density at radius 1 is 1.29 bits per heavy atom. The fraction of sp³-hybridized carbons (Fsp3) is 0.733. The van der Waals surface area contributed by atoms with Gasteiger partial charge in [-0.05, 0) is 25.0 Å². The number of hydrazine groups is 1. The lowest BCUT2D eigenvalue weighted by Gasteiger charge is -2.20. The van der Waals surface area contributed by atoms with E-state index in [-0.39, 0.29) is 5.41 Å². The molecule has 1 aromatic heterocycles. The smallest absolute Gasteiger partial charge is 0.145 e. The molecule has 4 N–H and O–H groups in total. The van der Waals surface area contributed by atoms with E-state index in [4.69, 9.17) is 5.84 Å². The average molecular weight is 309 g/mol. The molecule has 118 valence electrons. The lowest BCUT2D eigenvalue weighted by molar-refractivity contribution is 0.546. The Morgan fingerprint density at radius 3 is 2.62 bits per heavy atom. The van der Waals surface area contributed by atoms with Crippen LogP contribution in [0.1, 0.15) is 52.8 Å². The van der Waals surface area contributed by atoms with E-state index < -0.39 is 0 Å². The van der Waals surface area contributed by atoms with E-state index in [9.17, 15) is 0 Å². The first-order valence-electron chi connectivity index (χ1n) is 7.66. The molecule has 0 radical (unpaired) electrons. The summed E-state index contributed by atoms with van der Waals surface area (Å²) >= 11 is 2.06. The van der Waals surface area contributed by atoms with Crippen LogP contribution in [0, 0.1) is 0 Å². The second-order valence-electron chi connectivity index (χ2n) is 6.59. The first-order chi connectivity index (χ1) is 9.92. The van der Waals surface area contributed by atoms with Crippen LogP contribution in [0.2, 0.25) is 0 Å². The van der Waals surface area contributed by atoms with Gasteiger partial charge in [-0.25, -0.2) is 15.8 Å². The van der Waals surface area contributed by atoms with Gasteiger partial charge in [-0.15, -0.1) is 0 Å². The zero-order valence-corrected chi connectivity index (χ0v) is 14.3. The fourth-order valence-corrected chi connectivity index (χ4v) is 3.74. The third-order valence-electron chi connectivity index (χ3n) is 3.68. The van der Waals surface area contributed by atoms with Crippen LogP contribution in [0.4, 0.5) is 11.6 Å². The molecule has 1 heterocycles. The zero-order valence-electron chi connectivity index (χ0n) is 13.4. The van der Waals surface area contributed by atoms with Crippen molar-refractivity contribution < 1.29 is 0 Å². The largest absolute Gasteiger partial charge is 0.367 e. The summed E-state index contributed by atoms with van der Waals surface area (Å²) in [5.41, 5.74) is 2.54. The number of thioether (sulfide) groups is 1. The average Bonchev–Trinajstić information content (AvgIpc) is 2.85. The van der Waals surface area contributed by atoms with Crippen molar-refractivity contribution in [3.63, 3.8) is 0 Å². The minimum absolute atomic E-state index is 0.0977. The highest BCUT2D eigenvalue weighted by Crippen LogP contribution is 2.32. The van der Waals surface area contributed by atoms with Gasteiger partial charge in [0, 0.05) is 22.8 Å². The first kappa shape index (κ1) is 16.4. The summed E-state index contributed by atoms with van der Waals surface area (Å²) in [7, 11) is 0. The molecule has 0 saturated heterocycles. The quantitative estimate of drug-likeness (QED) is 0.573. The zero-order chi connectivity index (χ0) is 15.5. The van der Waals surface area contributed by atoms with Gasteiger partial charge in [-0.2, -0.15) is 11.8 Å². The molecule has 0 aliphatic heterocycles. The number of nitrogens with zero attached hydrogens (tertiary/aromatic N) is 2. The molecule has 6 heteroatoms. The number of rotatable bonds is 5. The van der Waals surface area contributed by atoms with Gasteiger partial charge in [-0.1, -0.05) is 27.7 Å². The molecule has 2 rings (SSSR count). The molecule has 21 heavy (non-hydrogen) atoms. The maximum atomic E-state index is 5.53. The summed E-state index contributed by atoms with van der Waals surface area (Å²) in [6, 6.07) is 2.39. The molecule has 2 unspecified atom stereocenters. The first-order valence-corrected chi connectivity index (χ1v) is 8.71. The Labute approximate surface area is 131 Å². The molecule has 1 aromatic rings. The molecule has 5 nitrogen and oxygen atoms in total.